The number of hydrogen-bond acceptors (Lipinski definition) is 5. The third-order valence-electron chi connectivity index (χ3n) is 3.59. The maximum atomic E-state index is 12.2. The van der Waals surface area contributed by atoms with E-state index in [9.17, 15) is 18.0 Å². The number of sulfonamides is 1. The summed E-state index contributed by atoms with van der Waals surface area (Å²) in [6.07, 6.45) is 0.837. The van der Waals surface area contributed by atoms with E-state index < -0.39 is 22.6 Å². The van der Waals surface area contributed by atoms with Gasteiger partial charge in [0.2, 0.25) is 10.0 Å². The summed E-state index contributed by atoms with van der Waals surface area (Å²) in [6.45, 7) is 5.88. The van der Waals surface area contributed by atoms with Crippen LogP contribution in [0.5, 0.6) is 0 Å². The summed E-state index contributed by atoms with van der Waals surface area (Å²) in [6, 6.07) is 4.24. The van der Waals surface area contributed by atoms with Gasteiger partial charge in [-0.3, -0.25) is 4.79 Å². The third-order valence-corrected chi connectivity index (χ3v) is 5.40. The average Bonchev–Trinajstić information content (AvgIpc) is 2.52. The largest absolute Gasteiger partial charge is 0.452 e. The summed E-state index contributed by atoms with van der Waals surface area (Å²) in [5.74, 6) is -0.650. The number of carbonyl (C=O) groups excluding carboxylic acids is 2. The van der Waals surface area contributed by atoms with Crippen LogP contribution in [-0.2, 0) is 19.6 Å². The average molecular weight is 370 g/mol. The topological polar surface area (TPSA) is 92.8 Å². The van der Waals surface area contributed by atoms with Crippen LogP contribution < -0.4 is 5.32 Å². The van der Waals surface area contributed by atoms with Crippen molar-refractivity contribution in [1.29, 1.82) is 0 Å². The molecular formula is C17H26N2O5S. The minimum Gasteiger partial charge on any atom is -0.452 e. The molecule has 0 aromatic heterocycles. The van der Waals surface area contributed by atoms with Crippen molar-refractivity contribution in [3.8, 4) is 0 Å². The standard InChI is InChI=1S/C17H26N2O5S/c1-12(2)8-9-18-16(20)11-24-17(21)15-10-14(7-6-13(15)3)25(22,23)19(4)5/h6-7,10,12H,8-9,11H2,1-5H3,(H,18,20). The first-order valence-electron chi connectivity index (χ1n) is 8.02. The molecule has 0 aliphatic carbocycles. The van der Waals surface area contributed by atoms with Gasteiger partial charge in [-0.25, -0.2) is 17.5 Å². The summed E-state index contributed by atoms with van der Waals surface area (Å²) in [7, 11) is -0.832. The maximum absolute atomic E-state index is 12.2. The third kappa shape index (κ3) is 6.13. The van der Waals surface area contributed by atoms with Gasteiger partial charge in [0.05, 0.1) is 10.5 Å². The van der Waals surface area contributed by atoms with Crippen LogP contribution in [0.4, 0.5) is 0 Å². The zero-order chi connectivity index (χ0) is 19.2. The molecule has 0 radical (unpaired) electrons. The van der Waals surface area contributed by atoms with Gasteiger partial charge in [-0.15, -0.1) is 0 Å². The van der Waals surface area contributed by atoms with Gasteiger partial charge >= 0.3 is 5.97 Å². The molecule has 0 saturated heterocycles. The fraction of sp³-hybridized carbons (Fsp3) is 0.529. The monoisotopic (exact) mass is 370 g/mol. The lowest BCUT2D eigenvalue weighted by Crippen LogP contribution is -2.30. The van der Waals surface area contributed by atoms with Gasteiger partial charge in [0, 0.05) is 20.6 Å². The predicted octanol–water partition coefficient (Wildman–Crippen LogP) is 1.56. The second-order valence-electron chi connectivity index (χ2n) is 6.37. The van der Waals surface area contributed by atoms with Gasteiger partial charge in [-0.1, -0.05) is 19.9 Å². The van der Waals surface area contributed by atoms with E-state index in [1.807, 2.05) is 13.8 Å². The van der Waals surface area contributed by atoms with Crippen LogP contribution in [0.1, 0.15) is 36.2 Å². The van der Waals surface area contributed by atoms with Crippen LogP contribution >= 0.6 is 0 Å². The van der Waals surface area contributed by atoms with E-state index in [-0.39, 0.29) is 16.4 Å². The number of amides is 1. The SMILES string of the molecule is Cc1ccc(S(=O)(=O)N(C)C)cc1C(=O)OCC(=O)NCCC(C)C. The highest BCUT2D eigenvalue weighted by Crippen LogP contribution is 2.18. The zero-order valence-electron chi connectivity index (χ0n) is 15.3. The van der Waals surface area contributed by atoms with Crippen molar-refractivity contribution in [3.05, 3.63) is 29.3 Å². The molecule has 0 atom stereocenters. The molecule has 7 nitrogen and oxygen atoms in total. The van der Waals surface area contributed by atoms with Crippen molar-refractivity contribution in [2.45, 2.75) is 32.1 Å². The fourth-order valence-corrected chi connectivity index (χ4v) is 2.88. The lowest BCUT2D eigenvalue weighted by Gasteiger charge is -2.13. The molecule has 8 heteroatoms. The Bertz CT molecular complexity index is 727. The normalized spacial score (nSPS) is 11.6. The molecule has 1 amide bonds. The smallest absolute Gasteiger partial charge is 0.338 e. The quantitative estimate of drug-likeness (QED) is 0.701. The number of hydrogen-bond donors (Lipinski definition) is 1. The Hall–Kier alpha value is -1.93. The van der Waals surface area contributed by atoms with Crippen molar-refractivity contribution in [2.24, 2.45) is 5.92 Å². The Morgan fingerprint density at radius 2 is 1.88 bits per heavy atom. The van der Waals surface area contributed by atoms with E-state index in [2.05, 4.69) is 5.32 Å². The van der Waals surface area contributed by atoms with Crippen molar-refractivity contribution >= 4 is 21.9 Å². The highest BCUT2D eigenvalue weighted by molar-refractivity contribution is 7.89. The Balaban J connectivity index is 2.77. The first kappa shape index (κ1) is 21.1. The number of esters is 1. The van der Waals surface area contributed by atoms with Gasteiger partial charge in [0.15, 0.2) is 6.61 Å². The molecule has 0 saturated carbocycles. The number of rotatable bonds is 8. The van der Waals surface area contributed by atoms with Crippen molar-refractivity contribution in [1.82, 2.24) is 9.62 Å². The molecule has 0 aliphatic rings. The van der Waals surface area contributed by atoms with E-state index in [0.717, 1.165) is 10.7 Å². The number of ether oxygens (including phenoxy) is 1. The predicted molar refractivity (Wildman–Crippen MR) is 94.8 cm³/mol. The number of benzene rings is 1. The van der Waals surface area contributed by atoms with E-state index in [1.54, 1.807) is 6.92 Å². The molecule has 0 aliphatic heterocycles. The molecule has 0 unspecified atom stereocenters. The molecule has 25 heavy (non-hydrogen) atoms. The van der Waals surface area contributed by atoms with Crippen LogP contribution in [0.15, 0.2) is 23.1 Å². The van der Waals surface area contributed by atoms with E-state index in [1.165, 1.54) is 32.3 Å². The summed E-state index contributed by atoms with van der Waals surface area (Å²) >= 11 is 0. The fourth-order valence-electron chi connectivity index (χ4n) is 1.95. The molecule has 0 bridgehead atoms. The van der Waals surface area contributed by atoms with Crippen LogP contribution in [0, 0.1) is 12.8 Å². The molecule has 0 heterocycles. The molecule has 1 rings (SSSR count). The van der Waals surface area contributed by atoms with Gasteiger partial charge in [0.25, 0.3) is 5.91 Å². The first-order chi connectivity index (χ1) is 11.6. The summed E-state index contributed by atoms with van der Waals surface area (Å²) in [4.78, 5) is 23.9. The van der Waals surface area contributed by atoms with Crippen LogP contribution in [-0.4, -0.2) is 51.8 Å². The molecule has 140 valence electrons. The first-order valence-corrected chi connectivity index (χ1v) is 9.46. The molecule has 1 N–H and O–H groups in total. The zero-order valence-corrected chi connectivity index (χ0v) is 16.1. The Kier molecular flexibility index (Phi) is 7.57. The van der Waals surface area contributed by atoms with Crippen molar-refractivity contribution in [2.75, 3.05) is 27.2 Å². The second kappa shape index (κ2) is 8.96. The second-order valence-corrected chi connectivity index (χ2v) is 8.52. The van der Waals surface area contributed by atoms with Crippen LogP contribution in [0.25, 0.3) is 0 Å². The Labute approximate surface area is 149 Å². The van der Waals surface area contributed by atoms with Crippen molar-refractivity contribution < 1.29 is 22.7 Å². The highest BCUT2D eigenvalue weighted by Gasteiger charge is 2.21. The maximum Gasteiger partial charge on any atom is 0.338 e. The lowest BCUT2D eigenvalue weighted by atomic mass is 10.1. The van der Waals surface area contributed by atoms with E-state index >= 15 is 0 Å². The molecule has 0 fully saturated rings. The molecular weight excluding hydrogens is 344 g/mol. The van der Waals surface area contributed by atoms with Gasteiger partial charge in [-0.2, -0.15) is 0 Å². The van der Waals surface area contributed by atoms with E-state index in [4.69, 9.17) is 4.74 Å². The Morgan fingerprint density at radius 3 is 2.44 bits per heavy atom. The summed E-state index contributed by atoms with van der Waals surface area (Å²) in [5.41, 5.74) is 0.695. The molecule has 1 aromatic carbocycles. The number of nitrogens with zero attached hydrogens (tertiary/aromatic N) is 1. The minimum absolute atomic E-state index is 0.00330. The highest BCUT2D eigenvalue weighted by atomic mass is 32.2. The molecule has 1 aromatic rings. The van der Waals surface area contributed by atoms with Gasteiger partial charge in [-0.05, 0) is 37.0 Å². The number of carbonyl (C=O) groups is 2. The summed E-state index contributed by atoms with van der Waals surface area (Å²) < 4.78 is 30.4. The minimum atomic E-state index is -3.65. The number of aryl methyl sites for hydroxylation is 1. The lowest BCUT2D eigenvalue weighted by molar-refractivity contribution is -0.124. The number of nitrogens with one attached hydrogen (secondary N) is 1. The van der Waals surface area contributed by atoms with Gasteiger partial charge in [0.1, 0.15) is 0 Å². The Morgan fingerprint density at radius 1 is 1.24 bits per heavy atom. The molecule has 0 spiro atoms. The van der Waals surface area contributed by atoms with Crippen LogP contribution in [0.2, 0.25) is 0 Å². The van der Waals surface area contributed by atoms with Gasteiger partial charge < -0.3 is 10.1 Å². The van der Waals surface area contributed by atoms with Crippen molar-refractivity contribution in [3.63, 3.8) is 0 Å². The van der Waals surface area contributed by atoms with E-state index in [0.29, 0.717) is 18.0 Å². The summed E-state index contributed by atoms with van der Waals surface area (Å²) in [5, 5.41) is 2.67. The van der Waals surface area contributed by atoms with Crippen LogP contribution in [0.3, 0.4) is 0 Å².